The fourth-order valence-corrected chi connectivity index (χ4v) is 1.85. The van der Waals surface area contributed by atoms with Crippen LogP contribution in [0.5, 0.6) is 0 Å². The Balaban J connectivity index is 2.15. The summed E-state index contributed by atoms with van der Waals surface area (Å²) in [5.41, 5.74) is 1.48. The molecule has 2 nitrogen and oxygen atoms in total. The molecule has 0 aliphatic carbocycles. The highest BCUT2D eigenvalue weighted by molar-refractivity contribution is 5.33. The monoisotopic (exact) mass is 259 g/mol. The second-order valence-corrected chi connectivity index (χ2v) is 4.23. The van der Waals surface area contributed by atoms with Gasteiger partial charge in [0.1, 0.15) is 11.6 Å². The maximum atomic E-state index is 13.0. The standard InChI is InChI=1S/C15H11F2NO/c16-13-5-11(6-14(17)8-13)7-15(19)12-3-1-10(9-18)2-4-12/h1-6,8,15,19H,7H2. The molecule has 1 unspecified atom stereocenters. The summed E-state index contributed by atoms with van der Waals surface area (Å²) in [4.78, 5) is 0. The van der Waals surface area contributed by atoms with Crippen molar-refractivity contribution in [2.24, 2.45) is 0 Å². The Morgan fingerprint density at radius 1 is 1.05 bits per heavy atom. The molecule has 0 aliphatic heterocycles. The molecule has 0 aliphatic rings. The molecule has 0 amide bonds. The largest absolute Gasteiger partial charge is 0.388 e. The first-order valence-corrected chi connectivity index (χ1v) is 5.71. The number of hydrogen-bond donors (Lipinski definition) is 1. The van der Waals surface area contributed by atoms with Crippen molar-refractivity contribution >= 4 is 0 Å². The first kappa shape index (κ1) is 13.2. The Kier molecular flexibility index (Phi) is 3.88. The minimum atomic E-state index is -0.867. The van der Waals surface area contributed by atoms with Gasteiger partial charge in [-0.05, 0) is 35.4 Å². The van der Waals surface area contributed by atoms with E-state index in [1.807, 2.05) is 6.07 Å². The van der Waals surface area contributed by atoms with E-state index in [0.29, 0.717) is 16.7 Å². The van der Waals surface area contributed by atoms with Gasteiger partial charge in [0, 0.05) is 12.5 Å². The molecule has 1 N–H and O–H groups in total. The van der Waals surface area contributed by atoms with Gasteiger partial charge in [-0.3, -0.25) is 0 Å². The van der Waals surface area contributed by atoms with Gasteiger partial charge in [-0.2, -0.15) is 5.26 Å². The number of rotatable bonds is 3. The van der Waals surface area contributed by atoms with Gasteiger partial charge in [0.25, 0.3) is 0 Å². The van der Waals surface area contributed by atoms with Crippen LogP contribution in [0.15, 0.2) is 42.5 Å². The minimum Gasteiger partial charge on any atom is -0.388 e. The van der Waals surface area contributed by atoms with Crippen LogP contribution in [-0.2, 0) is 6.42 Å². The summed E-state index contributed by atoms with van der Waals surface area (Å²) in [6.45, 7) is 0. The Bertz CT molecular complexity index is 597. The van der Waals surface area contributed by atoms with Crippen LogP contribution in [0.25, 0.3) is 0 Å². The predicted octanol–water partition coefficient (Wildman–Crippen LogP) is 3.11. The van der Waals surface area contributed by atoms with Gasteiger partial charge >= 0.3 is 0 Å². The topological polar surface area (TPSA) is 44.0 Å². The summed E-state index contributed by atoms with van der Waals surface area (Å²) >= 11 is 0. The van der Waals surface area contributed by atoms with Crippen molar-refractivity contribution < 1.29 is 13.9 Å². The molecule has 0 bridgehead atoms. The van der Waals surface area contributed by atoms with Gasteiger partial charge in [0.15, 0.2) is 0 Å². The molecule has 0 radical (unpaired) electrons. The molecule has 0 saturated heterocycles. The van der Waals surface area contributed by atoms with Crippen LogP contribution < -0.4 is 0 Å². The first-order valence-electron chi connectivity index (χ1n) is 5.71. The average Bonchev–Trinajstić information content (AvgIpc) is 2.37. The number of halogens is 2. The normalized spacial score (nSPS) is 11.9. The fourth-order valence-electron chi connectivity index (χ4n) is 1.85. The molecule has 96 valence electrons. The van der Waals surface area contributed by atoms with Gasteiger partial charge in [-0.25, -0.2) is 8.78 Å². The number of aliphatic hydroxyl groups is 1. The van der Waals surface area contributed by atoms with E-state index in [1.165, 1.54) is 12.1 Å². The van der Waals surface area contributed by atoms with E-state index in [4.69, 9.17) is 5.26 Å². The second kappa shape index (κ2) is 5.59. The zero-order valence-electron chi connectivity index (χ0n) is 9.98. The molecule has 0 saturated carbocycles. The molecule has 2 rings (SSSR count). The van der Waals surface area contributed by atoms with Crippen LogP contribution in [0, 0.1) is 23.0 Å². The lowest BCUT2D eigenvalue weighted by molar-refractivity contribution is 0.178. The van der Waals surface area contributed by atoms with E-state index in [0.717, 1.165) is 6.07 Å². The first-order chi connectivity index (χ1) is 9.08. The van der Waals surface area contributed by atoms with Crippen molar-refractivity contribution in [3.8, 4) is 6.07 Å². The van der Waals surface area contributed by atoms with E-state index < -0.39 is 17.7 Å². The summed E-state index contributed by atoms with van der Waals surface area (Å²) < 4.78 is 26.0. The summed E-state index contributed by atoms with van der Waals surface area (Å²) in [5, 5.41) is 18.7. The van der Waals surface area contributed by atoms with Crippen LogP contribution in [0.1, 0.15) is 22.8 Å². The Labute approximate surface area is 109 Å². The van der Waals surface area contributed by atoms with Crippen molar-refractivity contribution in [3.63, 3.8) is 0 Å². The molecule has 4 heteroatoms. The number of benzene rings is 2. The van der Waals surface area contributed by atoms with E-state index in [-0.39, 0.29) is 6.42 Å². The molecule has 2 aromatic rings. The third kappa shape index (κ3) is 3.36. The molecular weight excluding hydrogens is 248 g/mol. The lowest BCUT2D eigenvalue weighted by Gasteiger charge is -2.11. The Morgan fingerprint density at radius 3 is 2.16 bits per heavy atom. The number of nitriles is 1. The molecule has 0 fully saturated rings. The van der Waals surface area contributed by atoms with E-state index in [1.54, 1.807) is 24.3 Å². The summed E-state index contributed by atoms with van der Waals surface area (Å²) in [6, 6.07) is 11.6. The smallest absolute Gasteiger partial charge is 0.126 e. The van der Waals surface area contributed by atoms with Crippen molar-refractivity contribution in [3.05, 3.63) is 70.8 Å². The molecule has 1 atom stereocenters. The van der Waals surface area contributed by atoms with Gasteiger partial charge < -0.3 is 5.11 Å². The van der Waals surface area contributed by atoms with Crippen LogP contribution in [0.3, 0.4) is 0 Å². The lowest BCUT2D eigenvalue weighted by atomic mass is 10.0. The maximum absolute atomic E-state index is 13.0. The van der Waals surface area contributed by atoms with Crippen molar-refractivity contribution in [2.75, 3.05) is 0 Å². The van der Waals surface area contributed by atoms with Crippen LogP contribution >= 0.6 is 0 Å². The van der Waals surface area contributed by atoms with Gasteiger partial charge in [0.2, 0.25) is 0 Å². The average molecular weight is 259 g/mol. The molecule has 0 spiro atoms. The molecule has 19 heavy (non-hydrogen) atoms. The molecule has 2 aromatic carbocycles. The zero-order chi connectivity index (χ0) is 13.8. The SMILES string of the molecule is N#Cc1ccc(C(O)Cc2cc(F)cc(F)c2)cc1. The van der Waals surface area contributed by atoms with E-state index in [9.17, 15) is 13.9 Å². The van der Waals surface area contributed by atoms with Crippen LogP contribution in [0.4, 0.5) is 8.78 Å². The number of aliphatic hydroxyl groups excluding tert-OH is 1. The van der Waals surface area contributed by atoms with Crippen molar-refractivity contribution in [2.45, 2.75) is 12.5 Å². The van der Waals surface area contributed by atoms with E-state index >= 15 is 0 Å². The second-order valence-electron chi connectivity index (χ2n) is 4.23. The highest BCUT2D eigenvalue weighted by Crippen LogP contribution is 2.20. The number of nitrogens with zero attached hydrogens (tertiary/aromatic N) is 1. The number of hydrogen-bond acceptors (Lipinski definition) is 2. The maximum Gasteiger partial charge on any atom is 0.126 e. The quantitative estimate of drug-likeness (QED) is 0.920. The fraction of sp³-hybridized carbons (Fsp3) is 0.133. The predicted molar refractivity (Wildman–Crippen MR) is 66.2 cm³/mol. The van der Waals surface area contributed by atoms with Crippen LogP contribution in [0.2, 0.25) is 0 Å². The van der Waals surface area contributed by atoms with Crippen molar-refractivity contribution in [1.29, 1.82) is 5.26 Å². The summed E-state index contributed by atoms with van der Waals surface area (Å²) in [6.07, 6.45) is -0.755. The van der Waals surface area contributed by atoms with Gasteiger partial charge in [0.05, 0.1) is 17.7 Å². The van der Waals surface area contributed by atoms with Crippen molar-refractivity contribution in [1.82, 2.24) is 0 Å². The van der Waals surface area contributed by atoms with Gasteiger partial charge in [-0.15, -0.1) is 0 Å². The Hall–Kier alpha value is -2.25. The highest BCUT2D eigenvalue weighted by atomic mass is 19.1. The lowest BCUT2D eigenvalue weighted by Crippen LogP contribution is -2.02. The summed E-state index contributed by atoms with van der Waals surface area (Å²) in [7, 11) is 0. The third-order valence-electron chi connectivity index (χ3n) is 2.78. The minimum absolute atomic E-state index is 0.112. The zero-order valence-corrected chi connectivity index (χ0v) is 9.98. The molecule has 0 aromatic heterocycles. The molecule has 0 heterocycles. The highest BCUT2D eigenvalue weighted by Gasteiger charge is 2.10. The summed E-state index contributed by atoms with van der Waals surface area (Å²) in [5.74, 6) is -1.33. The van der Waals surface area contributed by atoms with E-state index in [2.05, 4.69) is 0 Å². The Morgan fingerprint density at radius 2 is 1.63 bits per heavy atom. The molecular formula is C15H11F2NO. The van der Waals surface area contributed by atoms with Gasteiger partial charge in [-0.1, -0.05) is 12.1 Å². The third-order valence-corrected chi connectivity index (χ3v) is 2.78. The van der Waals surface area contributed by atoms with Crippen LogP contribution in [-0.4, -0.2) is 5.11 Å².